The average Bonchev–Trinajstić information content (AvgIpc) is 3.32. The van der Waals surface area contributed by atoms with Crippen molar-refractivity contribution in [2.24, 2.45) is 0 Å². The molecule has 8 N–H and O–H groups in total. The maximum Gasteiger partial charge on any atom is 0.346 e. The SMILES string of the molecule is O=C(O)c1ccc(-c2ccc(C(=O)O)c(C(=O)OC(=O)c3cc(-c4ccc(C(=O)O)c(C(=O)OC(=O)c5cc(-c6ccc(C(=O)O)c(C(=O)O)c6)ccc5C(=O)O)c4)ccc3C(=O)O)c2)cc1C(=O)O. The van der Waals surface area contributed by atoms with E-state index in [4.69, 9.17) is 9.47 Å². The Balaban J connectivity index is 1.34. The fourth-order valence-corrected chi connectivity index (χ4v) is 6.88. The molecule has 0 fully saturated rings. The van der Waals surface area contributed by atoms with Crippen molar-refractivity contribution in [3.05, 3.63) is 176 Å². The first-order valence-corrected chi connectivity index (χ1v) is 19.2. The van der Waals surface area contributed by atoms with Crippen molar-refractivity contribution >= 4 is 71.6 Å². The van der Waals surface area contributed by atoms with Crippen molar-refractivity contribution < 1.29 is 108 Å². The monoisotopic (exact) mass is 954 g/mol. The van der Waals surface area contributed by atoms with Crippen LogP contribution < -0.4 is 0 Å². The second-order valence-corrected chi connectivity index (χ2v) is 14.4. The van der Waals surface area contributed by atoms with Gasteiger partial charge in [0.25, 0.3) is 0 Å². The molecule has 0 atom stereocenters. The lowest BCUT2D eigenvalue weighted by molar-refractivity contribution is 0.0374. The molecule has 0 aliphatic heterocycles. The molecule has 0 amide bonds. The number of benzene rings is 6. The molecule has 0 saturated heterocycles. The fourth-order valence-electron chi connectivity index (χ4n) is 6.88. The third kappa shape index (κ3) is 9.94. The summed E-state index contributed by atoms with van der Waals surface area (Å²) >= 11 is 0. The number of carboxylic acids is 8. The van der Waals surface area contributed by atoms with Crippen LogP contribution in [0.5, 0.6) is 0 Å². The summed E-state index contributed by atoms with van der Waals surface area (Å²) in [4.78, 5) is 150. The lowest BCUT2D eigenvalue weighted by Crippen LogP contribution is -2.19. The van der Waals surface area contributed by atoms with E-state index in [-0.39, 0.29) is 33.4 Å². The fraction of sp³-hybridized carbons (Fsp3) is 0. The Morgan fingerprint density at radius 3 is 0.514 bits per heavy atom. The van der Waals surface area contributed by atoms with E-state index >= 15 is 0 Å². The highest BCUT2D eigenvalue weighted by atomic mass is 16.6. The quantitative estimate of drug-likeness (QED) is 0.0415. The van der Waals surface area contributed by atoms with E-state index in [1.807, 2.05) is 0 Å². The summed E-state index contributed by atoms with van der Waals surface area (Å²) in [7, 11) is 0. The number of ether oxygens (including phenoxy) is 2. The van der Waals surface area contributed by atoms with Crippen LogP contribution in [0.1, 0.15) is 124 Å². The Hall–Kier alpha value is -10.6. The van der Waals surface area contributed by atoms with Gasteiger partial charge in [-0.1, -0.05) is 36.4 Å². The Morgan fingerprint density at radius 2 is 0.357 bits per heavy atom. The first-order chi connectivity index (χ1) is 33.0. The number of hydrogen-bond acceptors (Lipinski definition) is 14. The Kier molecular flexibility index (Phi) is 13.6. The van der Waals surface area contributed by atoms with E-state index in [2.05, 4.69) is 0 Å². The second kappa shape index (κ2) is 19.4. The normalized spacial score (nSPS) is 10.6. The van der Waals surface area contributed by atoms with Crippen molar-refractivity contribution in [3.63, 3.8) is 0 Å². The summed E-state index contributed by atoms with van der Waals surface area (Å²) in [5.41, 5.74) is -9.29. The molecule has 350 valence electrons. The van der Waals surface area contributed by atoms with Crippen LogP contribution in [0.4, 0.5) is 0 Å². The lowest BCUT2D eigenvalue weighted by Gasteiger charge is -2.13. The van der Waals surface area contributed by atoms with Gasteiger partial charge in [-0.05, 0) is 106 Å². The highest BCUT2D eigenvalue weighted by Gasteiger charge is 2.29. The summed E-state index contributed by atoms with van der Waals surface area (Å²) in [6.07, 6.45) is 0. The lowest BCUT2D eigenvalue weighted by atomic mass is 9.95. The average molecular weight is 955 g/mol. The van der Waals surface area contributed by atoms with Crippen LogP contribution in [-0.4, -0.2) is 112 Å². The van der Waals surface area contributed by atoms with E-state index in [1.54, 1.807) is 0 Å². The Morgan fingerprint density at radius 1 is 0.214 bits per heavy atom. The minimum atomic E-state index is -1.74. The van der Waals surface area contributed by atoms with E-state index in [0.29, 0.717) is 0 Å². The molecule has 70 heavy (non-hydrogen) atoms. The van der Waals surface area contributed by atoms with Crippen molar-refractivity contribution in [3.8, 4) is 33.4 Å². The summed E-state index contributed by atoms with van der Waals surface area (Å²) < 4.78 is 9.87. The molecule has 6 aromatic rings. The Labute approximate surface area is 388 Å². The zero-order chi connectivity index (χ0) is 51.5. The Bertz CT molecular complexity index is 3160. The van der Waals surface area contributed by atoms with Gasteiger partial charge in [-0.25, -0.2) is 57.5 Å². The van der Waals surface area contributed by atoms with E-state index < -0.39 is 138 Å². The third-order valence-electron chi connectivity index (χ3n) is 10.2. The largest absolute Gasteiger partial charge is 0.478 e. The molecule has 0 bridgehead atoms. The predicted molar refractivity (Wildman–Crippen MR) is 231 cm³/mol. The zero-order valence-corrected chi connectivity index (χ0v) is 34.7. The number of aromatic carboxylic acids is 8. The van der Waals surface area contributed by atoms with Gasteiger partial charge in [-0.15, -0.1) is 0 Å². The van der Waals surface area contributed by atoms with E-state index in [0.717, 1.165) is 109 Å². The van der Waals surface area contributed by atoms with Crippen LogP contribution >= 0.6 is 0 Å². The van der Waals surface area contributed by atoms with Gasteiger partial charge < -0.3 is 50.3 Å². The molecule has 6 rings (SSSR count). The molecule has 0 radical (unpaired) electrons. The van der Waals surface area contributed by atoms with Gasteiger partial charge in [0.2, 0.25) is 0 Å². The topological polar surface area (TPSA) is 385 Å². The first kappa shape index (κ1) is 48.8. The van der Waals surface area contributed by atoms with Gasteiger partial charge in [0.05, 0.1) is 66.8 Å². The summed E-state index contributed by atoms with van der Waals surface area (Å²) in [5.74, 6) is -20.0. The summed E-state index contributed by atoms with van der Waals surface area (Å²) in [6, 6.07) is 17.5. The van der Waals surface area contributed by atoms with Crippen molar-refractivity contribution in [1.82, 2.24) is 0 Å². The number of carbonyl (C=O) groups excluding carboxylic acids is 4. The number of esters is 4. The smallest absolute Gasteiger partial charge is 0.346 e. The van der Waals surface area contributed by atoms with Crippen LogP contribution in [-0.2, 0) is 9.47 Å². The molecule has 0 spiro atoms. The van der Waals surface area contributed by atoms with Crippen LogP contribution in [0.2, 0.25) is 0 Å². The highest BCUT2D eigenvalue weighted by Crippen LogP contribution is 2.31. The van der Waals surface area contributed by atoms with Crippen LogP contribution in [0, 0.1) is 0 Å². The maximum absolute atomic E-state index is 13.6. The number of carbonyl (C=O) groups is 12. The van der Waals surface area contributed by atoms with Gasteiger partial charge in [-0.2, -0.15) is 0 Å². The molecule has 0 unspecified atom stereocenters. The van der Waals surface area contributed by atoms with Crippen molar-refractivity contribution in [1.29, 1.82) is 0 Å². The van der Waals surface area contributed by atoms with Crippen molar-refractivity contribution in [2.45, 2.75) is 0 Å². The van der Waals surface area contributed by atoms with Crippen LogP contribution in [0.25, 0.3) is 33.4 Å². The summed E-state index contributed by atoms with van der Waals surface area (Å²) in [5, 5.41) is 77.3. The van der Waals surface area contributed by atoms with Gasteiger partial charge in [0, 0.05) is 0 Å². The predicted octanol–water partition coefficient (Wildman–Crippen LogP) is 6.27. The number of rotatable bonds is 15. The third-order valence-corrected chi connectivity index (χ3v) is 10.2. The van der Waals surface area contributed by atoms with E-state index in [9.17, 15) is 98.4 Å². The number of carboxylic acid groups (broad SMARTS) is 8. The molecular weight excluding hydrogens is 929 g/mol. The molecule has 0 aliphatic rings. The highest BCUT2D eigenvalue weighted by molar-refractivity contribution is 6.13. The zero-order valence-electron chi connectivity index (χ0n) is 34.7. The van der Waals surface area contributed by atoms with Crippen LogP contribution in [0.3, 0.4) is 0 Å². The van der Waals surface area contributed by atoms with Crippen molar-refractivity contribution in [2.75, 3.05) is 0 Å². The molecular formula is C48H26O22. The van der Waals surface area contributed by atoms with Gasteiger partial charge in [0.1, 0.15) is 0 Å². The molecule has 22 heteroatoms. The molecule has 0 saturated carbocycles. The minimum Gasteiger partial charge on any atom is -0.478 e. The number of hydrogen-bond donors (Lipinski definition) is 8. The molecule has 0 heterocycles. The molecule has 0 aromatic heterocycles. The standard InChI is InChI=1S/C48H26O22/c49-37(50)25-7-1-19(13-31(25)43(61)62)21-3-9-27(39(53)54)33(15-21)45(65)69-47(67)35-17-23(5-11-29(35)41(57)58)24-6-12-30(42(59)60)36(18-24)48(68)70-46(66)34-16-22(4-10-28(34)40(55)56)20-2-8-26(38(51)52)32(14-20)44(63)64/h1-18H,(H,49,50)(H,51,52)(H,53,54)(H,55,56)(H,57,58)(H,59,60)(H,61,62)(H,63,64). The maximum atomic E-state index is 13.6. The van der Waals surface area contributed by atoms with Crippen LogP contribution in [0.15, 0.2) is 109 Å². The second-order valence-electron chi connectivity index (χ2n) is 14.4. The molecule has 6 aromatic carbocycles. The first-order valence-electron chi connectivity index (χ1n) is 19.2. The minimum absolute atomic E-state index is 0.0130. The molecule has 0 aliphatic carbocycles. The molecule has 22 nitrogen and oxygen atoms in total. The summed E-state index contributed by atoms with van der Waals surface area (Å²) in [6.45, 7) is 0. The van der Waals surface area contributed by atoms with Gasteiger partial charge in [0.15, 0.2) is 0 Å². The van der Waals surface area contributed by atoms with Gasteiger partial charge >= 0.3 is 71.6 Å². The van der Waals surface area contributed by atoms with Gasteiger partial charge in [-0.3, -0.25) is 0 Å². The van der Waals surface area contributed by atoms with E-state index in [1.165, 1.54) is 0 Å².